The maximum absolute atomic E-state index is 12.4. The van der Waals surface area contributed by atoms with Crippen molar-refractivity contribution in [1.82, 2.24) is 5.43 Å². The average Bonchev–Trinajstić information content (AvgIpc) is 3.28. The number of nitrogens with zero attached hydrogens (tertiary/aromatic N) is 1. The Morgan fingerprint density at radius 1 is 1.08 bits per heavy atom. The van der Waals surface area contributed by atoms with Crippen molar-refractivity contribution in [2.24, 2.45) is 5.10 Å². The van der Waals surface area contributed by atoms with Crippen molar-refractivity contribution in [3.05, 3.63) is 87.5 Å². The zero-order valence-corrected chi connectivity index (χ0v) is 21.4. The van der Waals surface area contributed by atoms with Crippen LogP contribution in [-0.2, 0) is 4.79 Å². The van der Waals surface area contributed by atoms with E-state index in [0.717, 1.165) is 9.86 Å². The van der Waals surface area contributed by atoms with E-state index in [4.69, 9.17) is 25.5 Å². The molecular formula is C26H21BrClN3O5. The molecule has 0 aliphatic carbocycles. The summed E-state index contributed by atoms with van der Waals surface area (Å²) >= 11 is 9.79. The van der Waals surface area contributed by atoms with Gasteiger partial charge in [0.25, 0.3) is 5.91 Å². The highest BCUT2D eigenvalue weighted by Crippen LogP contribution is 2.36. The third-order valence-corrected chi connectivity index (χ3v) is 5.59. The molecule has 2 N–H and O–H groups in total. The van der Waals surface area contributed by atoms with Crippen LogP contribution in [0.5, 0.6) is 11.5 Å². The molecule has 0 fully saturated rings. The molecule has 10 heteroatoms. The van der Waals surface area contributed by atoms with Gasteiger partial charge in [0.15, 0.2) is 23.9 Å². The molecule has 0 unspecified atom stereocenters. The van der Waals surface area contributed by atoms with Gasteiger partial charge in [-0.1, -0.05) is 45.7 Å². The average molecular weight is 571 g/mol. The van der Waals surface area contributed by atoms with E-state index in [2.05, 4.69) is 31.8 Å². The number of para-hydroxylation sites is 1. The zero-order valence-electron chi connectivity index (χ0n) is 19.1. The van der Waals surface area contributed by atoms with Crippen molar-refractivity contribution in [3.63, 3.8) is 0 Å². The van der Waals surface area contributed by atoms with Gasteiger partial charge in [0.05, 0.1) is 17.8 Å². The number of hydrazone groups is 1. The Balaban J connectivity index is 1.41. The van der Waals surface area contributed by atoms with Gasteiger partial charge in [-0.25, -0.2) is 5.43 Å². The highest BCUT2D eigenvalue weighted by Gasteiger charge is 2.15. The highest BCUT2D eigenvalue weighted by atomic mass is 79.9. The van der Waals surface area contributed by atoms with Crippen molar-refractivity contribution in [1.29, 1.82) is 0 Å². The molecule has 4 rings (SSSR count). The number of carbonyl (C=O) groups is 2. The molecule has 8 nitrogen and oxygen atoms in total. The Bertz CT molecular complexity index is 1420. The fourth-order valence-electron chi connectivity index (χ4n) is 3.27. The number of furan rings is 1. The molecule has 2 amide bonds. The van der Waals surface area contributed by atoms with E-state index < -0.39 is 5.91 Å². The molecule has 0 radical (unpaired) electrons. The van der Waals surface area contributed by atoms with Gasteiger partial charge in [-0.15, -0.1) is 0 Å². The number of fused-ring (bicyclic) bond motifs is 1. The predicted molar refractivity (Wildman–Crippen MR) is 142 cm³/mol. The van der Waals surface area contributed by atoms with Crippen LogP contribution in [0.2, 0.25) is 5.02 Å². The summed E-state index contributed by atoms with van der Waals surface area (Å²) in [5, 5.41) is 7.74. The largest absolute Gasteiger partial charge is 0.490 e. The fourth-order valence-corrected chi connectivity index (χ4v) is 3.92. The van der Waals surface area contributed by atoms with Crippen LogP contribution in [0.25, 0.3) is 11.0 Å². The molecule has 0 atom stereocenters. The van der Waals surface area contributed by atoms with Gasteiger partial charge < -0.3 is 19.2 Å². The second-order valence-electron chi connectivity index (χ2n) is 7.46. The number of hydrogen-bond acceptors (Lipinski definition) is 6. The molecule has 0 aliphatic heterocycles. The number of benzene rings is 3. The number of carbonyl (C=O) groups excluding carboxylic acids is 2. The van der Waals surface area contributed by atoms with Crippen molar-refractivity contribution < 1.29 is 23.5 Å². The van der Waals surface area contributed by atoms with Crippen molar-refractivity contribution >= 4 is 62.2 Å². The van der Waals surface area contributed by atoms with Gasteiger partial charge in [0, 0.05) is 15.5 Å². The Morgan fingerprint density at radius 2 is 1.89 bits per heavy atom. The molecule has 0 saturated carbocycles. The van der Waals surface area contributed by atoms with Crippen molar-refractivity contribution in [2.45, 2.75) is 6.92 Å². The minimum atomic E-state index is -0.501. The monoisotopic (exact) mass is 569 g/mol. The minimum Gasteiger partial charge on any atom is -0.490 e. The maximum Gasteiger partial charge on any atom is 0.307 e. The first-order valence-electron chi connectivity index (χ1n) is 10.9. The van der Waals surface area contributed by atoms with E-state index in [0.29, 0.717) is 29.2 Å². The van der Waals surface area contributed by atoms with Crippen LogP contribution in [0.15, 0.2) is 80.7 Å². The van der Waals surface area contributed by atoms with Crippen LogP contribution in [0.4, 0.5) is 5.69 Å². The van der Waals surface area contributed by atoms with Crippen LogP contribution in [0.1, 0.15) is 23.0 Å². The summed E-state index contributed by atoms with van der Waals surface area (Å²) in [5.74, 6) is -0.139. The molecule has 184 valence electrons. The Kier molecular flexibility index (Phi) is 8.24. The van der Waals surface area contributed by atoms with Crippen molar-refractivity contribution in [3.8, 4) is 11.5 Å². The van der Waals surface area contributed by atoms with Crippen LogP contribution in [-0.4, -0.2) is 31.2 Å². The standard InChI is InChI=1S/C26H21BrClN3O5/c1-2-34-22-11-16(10-20(28)25(22)35-15-24(32)30-19-6-4-3-5-7-19)14-29-31-26(33)23-13-17-12-18(27)8-9-21(17)36-23/h3-14H,2,15H2,1H3,(H,30,32)(H,31,33)/b29-14+. The number of halogens is 2. The quantitative estimate of drug-likeness (QED) is 0.189. The lowest BCUT2D eigenvalue weighted by atomic mass is 10.2. The number of anilines is 1. The van der Waals surface area contributed by atoms with Gasteiger partial charge in [0.1, 0.15) is 5.58 Å². The number of amides is 2. The summed E-state index contributed by atoms with van der Waals surface area (Å²) in [6.45, 7) is 1.90. The van der Waals surface area contributed by atoms with Crippen LogP contribution < -0.4 is 20.2 Å². The smallest absolute Gasteiger partial charge is 0.307 e. The van der Waals surface area contributed by atoms with Gasteiger partial charge >= 0.3 is 5.91 Å². The Morgan fingerprint density at radius 3 is 2.67 bits per heavy atom. The molecule has 0 spiro atoms. The summed E-state index contributed by atoms with van der Waals surface area (Å²) in [6, 6.07) is 19.4. The molecule has 1 heterocycles. The molecular weight excluding hydrogens is 550 g/mol. The van der Waals surface area contributed by atoms with E-state index in [1.54, 1.807) is 36.4 Å². The first kappa shape index (κ1) is 25.3. The highest BCUT2D eigenvalue weighted by molar-refractivity contribution is 9.10. The zero-order chi connectivity index (χ0) is 25.5. The van der Waals surface area contributed by atoms with E-state index >= 15 is 0 Å². The summed E-state index contributed by atoms with van der Waals surface area (Å²) < 4.78 is 17.7. The Labute approximate surface area is 220 Å². The number of rotatable bonds is 9. The molecule has 4 aromatic rings. The first-order valence-corrected chi connectivity index (χ1v) is 12.1. The van der Waals surface area contributed by atoms with E-state index in [1.165, 1.54) is 6.21 Å². The van der Waals surface area contributed by atoms with Gasteiger partial charge in [0.2, 0.25) is 0 Å². The number of nitrogens with one attached hydrogen (secondary N) is 2. The lowest BCUT2D eigenvalue weighted by Crippen LogP contribution is -2.20. The Hall–Kier alpha value is -3.82. The van der Waals surface area contributed by atoms with Crippen LogP contribution >= 0.6 is 27.5 Å². The van der Waals surface area contributed by atoms with Gasteiger partial charge in [-0.3, -0.25) is 9.59 Å². The summed E-state index contributed by atoms with van der Waals surface area (Å²) in [5.41, 5.74) is 4.23. The fraction of sp³-hybridized carbons (Fsp3) is 0.115. The van der Waals surface area contributed by atoms with E-state index in [9.17, 15) is 9.59 Å². The van der Waals surface area contributed by atoms with Gasteiger partial charge in [-0.2, -0.15) is 5.10 Å². The lowest BCUT2D eigenvalue weighted by Gasteiger charge is -2.14. The lowest BCUT2D eigenvalue weighted by molar-refractivity contribution is -0.118. The number of ether oxygens (including phenoxy) is 2. The van der Waals surface area contributed by atoms with Crippen LogP contribution in [0.3, 0.4) is 0 Å². The van der Waals surface area contributed by atoms with Crippen molar-refractivity contribution in [2.75, 3.05) is 18.5 Å². The molecule has 0 saturated heterocycles. The third-order valence-electron chi connectivity index (χ3n) is 4.82. The molecule has 0 bridgehead atoms. The molecule has 0 aliphatic rings. The number of hydrogen-bond donors (Lipinski definition) is 2. The topological polar surface area (TPSA) is 102 Å². The third kappa shape index (κ3) is 6.44. The molecule has 1 aromatic heterocycles. The minimum absolute atomic E-state index is 0.130. The summed E-state index contributed by atoms with van der Waals surface area (Å²) in [4.78, 5) is 24.7. The van der Waals surface area contributed by atoms with Crippen LogP contribution in [0, 0.1) is 0 Å². The second kappa shape index (κ2) is 11.7. The summed E-state index contributed by atoms with van der Waals surface area (Å²) in [6.07, 6.45) is 1.41. The maximum atomic E-state index is 12.4. The van der Waals surface area contributed by atoms with E-state index in [1.807, 2.05) is 37.3 Å². The first-order chi connectivity index (χ1) is 17.4. The molecule has 36 heavy (non-hydrogen) atoms. The summed E-state index contributed by atoms with van der Waals surface area (Å²) in [7, 11) is 0. The van der Waals surface area contributed by atoms with Gasteiger partial charge in [-0.05, 0) is 61.0 Å². The van der Waals surface area contributed by atoms with E-state index in [-0.39, 0.29) is 29.0 Å². The second-order valence-corrected chi connectivity index (χ2v) is 8.78. The normalized spacial score (nSPS) is 11.0. The molecule has 3 aromatic carbocycles. The predicted octanol–water partition coefficient (Wildman–Crippen LogP) is 6.03. The SMILES string of the molecule is CCOc1cc(/C=N/NC(=O)c2cc3cc(Br)ccc3o2)cc(Cl)c1OCC(=O)Nc1ccccc1.